The van der Waals surface area contributed by atoms with E-state index < -0.39 is 6.10 Å². The summed E-state index contributed by atoms with van der Waals surface area (Å²) in [5, 5.41) is 12.4. The number of aliphatic hydroxyl groups is 1. The summed E-state index contributed by atoms with van der Waals surface area (Å²) in [6, 6.07) is -0.363. The quantitative estimate of drug-likeness (QED) is 0.465. The molecule has 2 unspecified atom stereocenters. The van der Waals surface area contributed by atoms with Gasteiger partial charge in [0, 0.05) is 0 Å². The Balaban J connectivity index is 2.58. The lowest BCUT2D eigenvalue weighted by atomic mass is 9.96. The van der Waals surface area contributed by atoms with Gasteiger partial charge in [-0.1, -0.05) is 24.9 Å². The first-order valence-electron chi connectivity index (χ1n) is 4.26. The van der Waals surface area contributed by atoms with Crippen molar-refractivity contribution in [2.75, 3.05) is 0 Å². The van der Waals surface area contributed by atoms with Crippen LogP contribution in [0.1, 0.15) is 32.6 Å². The van der Waals surface area contributed by atoms with E-state index in [0.717, 1.165) is 25.7 Å². The molecule has 1 aliphatic rings. The van der Waals surface area contributed by atoms with Crippen LogP contribution in [0.3, 0.4) is 0 Å². The first-order chi connectivity index (χ1) is 5.25. The zero-order valence-corrected chi connectivity index (χ0v) is 6.86. The Labute approximate surface area is 66.8 Å². The van der Waals surface area contributed by atoms with Crippen LogP contribution in [0.25, 0.3) is 0 Å². The van der Waals surface area contributed by atoms with Crippen molar-refractivity contribution in [3.8, 4) is 0 Å². The molecule has 3 heteroatoms. The van der Waals surface area contributed by atoms with E-state index in [1.165, 1.54) is 0 Å². The first kappa shape index (κ1) is 8.65. The number of aliphatic hydroxyl groups excluding tert-OH is 1. The van der Waals surface area contributed by atoms with E-state index in [1.807, 2.05) is 6.92 Å². The molecule has 1 saturated carbocycles. The van der Waals surface area contributed by atoms with Gasteiger partial charge in [-0.25, -0.2) is 0 Å². The second-order valence-electron chi connectivity index (χ2n) is 3.43. The number of hydrogen-bond donors (Lipinski definition) is 1. The largest absolute Gasteiger partial charge is 0.391 e. The molecule has 1 fully saturated rings. The molecule has 0 amide bonds. The van der Waals surface area contributed by atoms with Crippen molar-refractivity contribution in [2.45, 2.75) is 44.8 Å². The van der Waals surface area contributed by atoms with Gasteiger partial charge in [0.1, 0.15) is 6.04 Å². The summed E-state index contributed by atoms with van der Waals surface area (Å²) < 4.78 is 0. The third-order valence-corrected chi connectivity index (χ3v) is 2.51. The summed E-state index contributed by atoms with van der Waals surface area (Å²) in [5.74, 6) is 0.255. The van der Waals surface area contributed by atoms with Gasteiger partial charge >= 0.3 is 0 Å². The monoisotopic (exact) mass is 157 g/mol. The second-order valence-corrected chi connectivity index (χ2v) is 3.43. The summed E-state index contributed by atoms with van der Waals surface area (Å²) in [4.78, 5) is 10.3. The van der Waals surface area contributed by atoms with Crippen molar-refractivity contribution < 1.29 is 5.11 Å². The van der Waals surface area contributed by atoms with Crippen LogP contribution in [0.2, 0.25) is 0 Å². The van der Waals surface area contributed by atoms with Gasteiger partial charge in [-0.05, 0) is 18.8 Å². The molecule has 64 valence electrons. The highest BCUT2D eigenvalue weighted by Gasteiger charge is 2.28. The molecule has 0 aliphatic heterocycles. The fourth-order valence-corrected chi connectivity index (χ4v) is 1.71. The lowest BCUT2D eigenvalue weighted by molar-refractivity contribution is 0.121. The Morgan fingerprint density at radius 2 is 2.00 bits per heavy atom. The van der Waals surface area contributed by atoms with E-state index in [1.54, 1.807) is 0 Å². The van der Waals surface area contributed by atoms with Crippen LogP contribution < -0.4 is 0 Å². The van der Waals surface area contributed by atoms with E-state index in [-0.39, 0.29) is 12.0 Å². The van der Waals surface area contributed by atoms with Gasteiger partial charge < -0.3 is 5.11 Å². The maximum atomic E-state index is 10.3. The van der Waals surface area contributed by atoms with Crippen LogP contribution in [0.5, 0.6) is 0 Å². The van der Waals surface area contributed by atoms with Crippen LogP contribution in [0.15, 0.2) is 5.18 Å². The predicted octanol–water partition coefficient (Wildman–Crippen LogP) is 1.69. The smallest absolute Gasteiger partial charge is 0.120 e. The fourth-order valence-electron chi connectivity index (χ4n) is 1.71. The normalized spacial score (nSPS) is 39.6. The van der Waals surface area contributed by atoms with E-state index in [0.29, 0.717) is 0 Å². The van der Waals surface area contributed by atoms with Gasteiger partial charge in [0.15, 0.2) is 0 Å². The van der Waals surface area contributed by atoms with Crippen molar-refractivity contribution in [3.05, 3.63) is 4.91 Å². The van der Waals surface area contributed by atoms with Gasteiger partial charge in [-0.15, -0.1) is 0 Å². The summed E-state index contributed by atoms with van der Waals surface area (Å²) in [6.07, 6.45) is 3.40. The summed E-state index contributed by atoms with van der Waals surface area (Å²) in [6.45, 7) is 1.99. The Morgan fingerprint density at radius 1 is 1.36 bits per heavy atom. The SMILES string of the molecule is C[C@@H]1CCCCC(O)C1N=O. The summed E-state index contributed by atoms with van der Waals surface area (Å²) in [5.41, 5.74) is 0. The van der Waals surface area contributed by atoms with Crippen LogP contribution in [-0.4, -0.2) is 17.3 Å². The highest BCUT2D eigenvalue weighted by molar-refractivity contribution is 4.82. The van der Waals surface area contributed by atoms with Crippen molar-refractivity contribution >= 4 is 0 Å². The number of nitroso groups, excluding NO2 is 1. The molecule has 3 atom stereocenters. The molecule has 0 aromatic carbocycles. The Hall–Kier alpha value is -0.440. The van der Waals surface area contributed by atoms with Crippen LogP contribution in [0, 0.1) is 10.8 Å². The number of hydrogen-bond acceptors (Lipinski definition) is 3. The van der Waals surface area contributed by atoms with E-state index >= 15 is 0 Å². The molecule has 11 heavy (non-hydrogen) atoms. The highest BCUT2D eigenvalue weighted by atomic mass is 16.3. The minimum atomic E-state index is -0.495. The van der Waals surface area contributed by atoms with Crippen LogP contribution in [-0.2, 0) is 0 Å². The van der Waals surface area contributed by atoms with Gasteiger partial charge in [0.05, 0.1) is 6.10 Å². The molecule has 1 N–H and O–H groups in total. The molecular weight excluding hydrogens is 142 g/mol. The average Bonchev–Trinajstić information content (AvgIpc) is 2.12. The van der Waals surface area contributed by atoms with Crippen molar-refractivity contribution in [1.82, 2.24) is 0 Å². The Morgan fingerprint density at radius 3 is 2.64 bits per heavy atom. The van der Waals surface area contributed by atoms with Crippen LogP contribution >= 0.6 is 0 Å². The summed E-state index contributed by atoms with van der Waals surface area (Å²) >= 11 is 0. The van der Waals surface area contributed by atoms with E-state index in [4.69, 9.17) is 0 Å². The van der Waals surface area contributed by atoms with E-state index in [9.17, 15) is 10.0 Å². The molecule has 0 radical (unpaired) electrons. The Kier molecular flexibility index (Phi) is 3.00. The lowest BCUT2D eigenvalue weighted by Gasteiger charge is -2.17. The van der Waals surface area contributed by atoms with E-state index in [2.05, 4.69) is 5.18 Å². The molecule has 1 rings (SSSR count). The standard InChI is InChI=1S/C8H15NO2/c1-6-4-2-3-5-7(10)8(6)9-11/h6-8,10H,2-5H2,1H3/t6-,7?,8?/m1/s1. The van der Waals surface area contributed by atoms with Crippen molar-refractivity contribution in [1.29, 1.82) is 0 Å². The maximum Gasteiger partial charge on any atom is 0.120 e. The van der Waals surface area contributed by atoms with Crippen molar-refractivity contribution in [3.63, 3.8) is 0 Å². The average molecular weight is 157 g/mol. The minimum Gasteiger partial charge on any atom is -0.391 e. The van der Waals surface area contributed by atoms with Gasteiger partial charge in [0.2, 0.25) is 0 Å². The topological polar surface area (TPSA) is 49.7 Å². The van der Waals surface area contributed by atoms with Gasteiger partial charge in [0.25, 0.3) is 0 Å². The molecule has 0 saturated heterocycles. The van der Waals surface area contributed by atoms with Crippen LogP contribution in [0.4, 0.5) is 0 Å². The molecular formula is C8H15NO2. The molecule has 1 aliphatic carbocycles. The molecule has 3 nitrogen and oxygen atoms in total. The van der Waals surface area contributed by atoms with Gasteiger partial charge in [-0.3, -0.25) is 0 Å². The lowest BCUT2D eigenvalue weighted by Crippen LogP contribution is -2.28. The first-order valence-corrected chi connectivity index (χ1v) is 4.26. The third-order valence-electron chi connectivity index (χ3n) is 2.51. The zero-order valence-electron chi connectivity index (χ0n) is 6.86. The molecule has 0 aromatic heterocycles. The number of nitrogens with zero attached hydrogens (tertiary/aromatic N) is 1. The third kappa shape index (κ3) is 1.99. The van der Waals surface area contributed by atoms with Crippen molar-refractivity contribution in [2.24, 2.45) is 11.1 Å². The molecule has 0 heterocycles. The summed E-state index contributed by atoms with van der Waals surface area (Å²) in [7, 11) is 0. The second kappa shape index (κ2) is 3.81. The minimum absolute atomic E-state index is 0.255. The Bertz CT molecular complexity index is 126. The molecule has 0 spiro atoms. The molecule has 0 aromatic rings. The highest BCUT2D eigenvalue weighted by Crippen LogP contribution is 2.25. The molecule has 0 bridgehead atoms. The predicted molar refractivity (Wildman–Crippen MR) is 43.2 cm³/mol. The van der Waals surface area contributed by atoms with Gasteiger partial charge in [-0.2, -0.15) is 4.91 Å². The maximum absolute atomic E-state index is 10.3. The zero-order chi connectivity index (χ0) is 8.27. The number of rotatable bonds is 1. The fraction of sp³-hybridized carbons (Fsp3) is 1.00.